The van der Waals surface area contributed by atoms with Crippen molar-refractivity contribution in [1.82, 2.24) is 9.80 Å². The highest BCUT2D eigenvalue weighted by atomic mass is 16.5. The van der Waals surface area contributed by atoms with Gasteiger partial charge in [0.1, 0.15) is 0 Å². The molecular weight excluding hydrogens is 450 g/mol. The summed E-state index contributed by atoms with van der Waals surface area (Å²) < 4.78 is 5.64. The maximum atomic E-state index is 13.4. The highest BCUT2D eigenvalue weighted by molar-refractivity contribution is 5.97. The second kappa shape index (κ2) is 13.0. The van der Waals surface area contributed by atoms with E-state index in [2.05, 4.69) is 4.90 Å². The van der Waals surface area contributed by atoms with Crippen molar-refractivity contribution < 1.29 is 14.3 Å². The van der Waals surface area contributed by atoms with Gasteiger partial charge in [-0.3, -0.25) is 14.5 Å². The SMILES string of the molecule is CC(=O)N1CCCCCCCN(C2CCOCC2)Cc2cc(C(=O)N(C)Cc3ccccc3)ccc21. The van der Waals surface area contributed by atoms with Gasteiger partial charge in [-0.05, 0) is 61.6 Å². The molecule has 0 unspecified atom stereocenters. The van der Waals surface area contributed by atoms with Crippen LogP contribution in [-0.2, 0) is 22.6 Å². The Morgan fingerprint density at radius 1 is 0.944 bits per heavy atom. The molecule has 0 aliphatic carbocycles. The second-order valence-electron chi connectivity index (χ2n) is 10.2. The summed E-state index contributed by atoms with van der Waals surface area (Å²) in [6.07, 6.45) is 7.81. The molecule has 36 heavy (non-hydrogen) atoms. The van der Waals surface area contributed by atoms with Gasteiger partial charge in [0, 0.05) is 64.1 Å². The number of hydrogen-bond donors (Lipinski definition) is 0. The third kappa shape index (κ3) is 6.95. The predicted molar refractivity (Wildman–Crippen MR) is 144 cm³/mol. The van der Waals surface area contributed by atoms with E-state index in [1.165, 1.54) is 19.3 Å². The first kappa shape index (κ1) is 26.4. The van der Waals surface area contributed by atoms with Crippen molar-refractivity contribution in [3.8, 4) is 0 Å². The number of rotatable bonds is 4. The average Bonchev–Trinajstić information content (AvgIpc) is 2.89. The predicted octanol–water partition coefficient (Wildman–Crippen LogP) is 5.26. The molecule has 0 saturated carbocycles. The van der Waals surface area contributed by atoms with Crippen molar-refractivity contribution in [3.05, 3.63) is 65.2 Å². The van der Waals surface area contributed by atoms with Gasteiger partial charge in [0.05, 0.1) is 0 Å². The maximum absolute atomic E-state index is 13.4. The summed E-state index contributed by atoms with van der Waals surface area (Å²) in [4.78, 5) is 32.4. The third-order valence-corrected chi connectivity index (χ3v) is 7.51. The first-order valence-corrected chi connectivity index (χ1v) is 13.5. The molecule has 0 N–H and O–H groups in total. The summed E-state index contributed by atoms with van der Waals surface area (Å²) in [7, 11) is 1.85. The molecule has 1 fully saturated rings. The Morgan fingerprint density at radius 3 is 2.36 bits per heavy atom. The van der Waals surface area contributed by atoms with Crippen molar-refractivity contribution in [2.24, 2.45) is 0 Å². The number of carbonyl (C=O) groups is 2. The van der Waals surface area contributed by atoms with E-state index in [-0.39, 0.29) is 11.8 Å². The number of ether oxygens (including phenoxy) is 1. The van der Waals surface area contributed by atoms with Gasteiger partial charge in [-0.1, -0.05) is 49.6 Å². The van der Waals surface area contributed by atoms with Crippen molar-refractivity contribution in [3.63, 3.8) is 0 Å². The minimum absolute atomic E-state index is 0.000221. The number of nitrogens with zero attached hydrogens (tertiary/aromatic N) is 3. The zero-order valence-corrected chi connectivity index (χ0v) is 22.0. The van der Waals surface area contributed by atoms with Gasteiger partial charge in [-0.25, -0.2) is 0 Å². The molecule has 0 atom stereocenters. The third-order valence-electron chi connectivity index (χ3n) is 7.51. The van der Waals surface area contributed by atoms with Crippen LogP contribution in [0.3, 0.4) is 0 Å². The van der Waals surface area contributed by atoms with E-state index < -0.39 is 0 Å². The largest absolute Gasteiger partial charge is 0.381 e. The van der Waals surface area contributed by atoms with Crippen LogP contribution in [0.4, 0.5) is 5.69 Å². The fourth-order valence-electron chi connectivity index (χ4n) is 5.48. The van der Waals surface area contributed by atoms with E-state index in [4.69, 9.17) is 4.74 Å². The lowest BCUT2D eigenvalue weighted by atomic mass is 10.0. The van der Waals surface area contributed by atoms with Crippen LogP contribution in [0, 0.1) is 0 Å². The quantitative estimate of drug-likeness (QED) is 0.586. The van der Waals surface area contributed by atoms with Crippen LogP contribution in [0.5, 0.6) is 0 Å². The molecule has 194 valence electrons. The maximum Gasteiger partial charge on any atom is 0.253 e. The minimum atomic E-state index is -0.000221. The van der Waals surface area contributed by atoms with Crippen molar-refractivity contribution in [2.75, 3.05) is 38.3 Å². The lowest BCUT2D eigenvalue weighted by Gasteiger charge is -2.36. The molecular formula is C30H41N3O3. The molecule has 0 bridgehead atoms. The van der Waals surface area contributed by atoms with Gasteiger partial charge in [-0.15, -0.1) is 0 Å². The van der Waals surface area contributed by atoms with Crippen LogP contribution in [0.15, 0.2) is 48.5 Å². The van der Waals surface area contributed by atoms with Gasteiger partial charge >= 0.3 is 0 Å². The number of benzene rings is 2. The van der Waals surface area contributed by atoms with Gasteiger partial charge in [0.25, 0.3) is 5.91 Å². The fraction of sp³-hybridized carbons (Fsp3) is 0.533. The molecule has 0 radical (unpaired) electrons. The van der Waals surface area contributed by atoms with Crippen LogP contribution >= 0.6 is 0 Å². The summed E-state index contributed by atoms with van der Waals surface area (Å²) in [5.74, 6) is 0.0611. The normalized spacial score (nSPS) is 18.6. The second-order valence-corrected chi connectivity index (χ2v) is 10.2. The van der Waals surface area contributed by atoms with Crippen molar-refractivity contribution in [1.29, 1.82) is 0 Å². The standard InChI is InChI=1S/C30H41N3O3/c1-24(34)33-18-10-5-3-4-9-17-32(28-15-19-36-20-16-28)23-27-21-26(13-14-29(27)33)30(35)31(2)22-25-11-7-6-8-12-25/h6-8,11-14,21,28H,3-5,9-10,15-20,22-23H2,1-2H3. The molecule has 2 aliphatic heterocycles. The van der Waals surface area contributed by atoms with Crippen LogP contribution in [-0.4, -0.2) is 61.0 Å². The molecule has 2 aromatic rings. The number of carbonyl (C=O) groups excluding carboxylic acids is 2. The van der Waals surface area contributed by atoms with Gasteiger partial charge in [0.2, 0.25) is 5.91 Å². The minimum Gasteiger partial charge on any atom is -0.381 e. The highest BCUT2D eigenvalue weighted by Gasteiger charge is 2.25. The summed E-state index contributed by atoms with van der Waals surface area (Å²) in [5, 5.41) is 0. The number of hydrogen-bond acceptors (Lipinski definition) is 4. The lowest BCUT2D eigenvalue weighted by Crippen LogP contribution is -2.40. The molecule has 4 rings (SSSR count). The first-order valence-electron chi connectivity index (χ1n) is 13.5. The van der Waals surface area contributed by atoms with Crippen LogP contribution in [0.2, 0.25) is 0 Å². The van der Waals surface area contributed by atoms with Crippen molar-refractivity contribution in [2.45, 2.75) is 71.0 Å². The zero-order valence-electron chi connectivity index (χ0n) is 22.0. The Bertz CT molecular complexity index is 1000. The van der Waals surface area contributed by atoms with Crippen LogP contribution in [0.1, 0.15) is 73.4 Å². The van der Waals surface area contributed by atoms with Crippen molar-refractivity contribution >= 4 is 17.5 Å². The number of amides is 2. The van der Waals surface area contributed by atoms with E-state index in [0.717, 1.165) is 75.3 Å². The van der Waals surface area contributed by atoms with E-state index in [1.54, 1.807) is 11.8 Å². The summed E-state index contributed by atoms with van der Waals surface area (Å²) >= 11 is 0. The Labute approximate surface area is 216 Å². The lowest BCUT2D eigenvalue weighted by molar-refractivity contribution is -0.116. The molecule has 2 heterocycles. The average molecular weight is 492 g/mol. The van der Waals surface area contributed by atoms with E-state index in [0.29, 0.717) is 18.2 Å². The summed E-state index contributed by atoms with van der Waals surface area (Å²) in [6, 6.07) is 16.5. The molecule has 2 aliphatic rings. The summed E-state index contributed by atoms with van der Waals surface area (Å²) in [5.41, 5.74) is 3.79. The van der Waals surface area contributed by atoms with Crippen LogP contribution < -0.4 is 4.90 Å². The molecule has 6 nitrogen and oxygen atoms in total. The summed E-state index contributed by atoms with van der Waals surface area (Å²) in [6.45, 7) is 6.32. The highest BCUT2D eigenvalue weighted by Crippen LogP contribution is 2.28. The topological polar surface area (TPSA) is 53.1 Å². The van der Waals surface area contributed by atoms with Crippen LogP contribution in [0.25, 0.3) is 0 Å². The Morgan fingerprint density at radius 2 is 1.64 bits per heavy atom. The van der Waals surface area contributed by atoms with Gasteiger partial charge in [0.15, 0.2) is 0 Å². The first-order chi connectivity index (χ1) is 17.5. The zero-order chi connectivity index (χ0) is 25.3. The molecule has 1 saturated heterocycles. The Hall–Kier alpha value is -2.70. The fourth-order valence-corrected chi connectivity index (χ4v) is 5.48. The van der Waals surface area contributed by atoms with E-state index in [9.17, 15) is 9.59 Å². The molecule has 2 aromatic carbocycles. The Kier molecular flexibility index (Phi) is 9.54. The molecule has 0 aromatic heterocycles. The van der Waals surface area contributed by atoms with Gasteiger partial charge < -0.3 is 14.5 Å². The van der Waals surface area contributed by atoms with E-state index >= 15 is 0 Å². The number of anilines is 1. The molecule has 2 amide bonds. The molecule has 0 spiro atoms. The monoisotopic (exact) mass is 491 g/mol. The molecule has 6 heteroatoms. The Balaban J connectivity index is 1.65. The number of fused-ring (bicyclic) bond motifs is 1. The van der Waals surface area contributed by atoms with E-state index in [1.807, 2.05) is 60.5 Å². The smallest absolute Gasteiger partial charge is 0.253 e. The van der Waals surface area contributed by atoms with Gasteiger partial charge in [-0.2, -0.15) is 0 Å².